The molecule has 0 bridgehead atoms. The van der Waals surface area contributed by atoms with E-state index >= 15 is 0 Å². The smallest absolute Gasteiger partial charge is 0.229 e. The fourth-order valence-corrected chi connectivity index (χ4v) is 4.14. The molecule has 1 aliphatic heterocycles. The molecule has 0 spiro atoms. The molecule has 2 aliphatic rings. The Bertz CT molecular complexity index is 599. The molecule has 0 unspecified atom stereocenters. The largest absolute Gasteiger partial charge is 0.339 e. The summed E-state index contributed by atoms with van der Waals surface area (Å²) in [6.07, 6.45) is 6.69. The van der Waals surface area contributed by atoms with Crippen molar-refractivity contribution in [2.45, 2.75) is 50.0 Å². The maximum Gasteiger partial charge on any atom is 0.229 e. The van der Waals surface area contributed by atoms with E-state index < -0.39 is 15.6 Å². The third-order valence-electron chi connectivity index (χ3n) is 4.66. The number of piperidine rings is 1. The van der Waals surface area contributed by atoms with Crippen LogP contribution in [0.15, 0.2) is 4.52 Å². The first kappa shape index (κ1) is 14.9. The van der Waals surface area contributed by atoms with Gasteiger partial charge in [0.25, 0.3) is 0 Å². The van der Waals surface area contributed by atoms with Crippen molar-refractivity contribution in [3.05, 3.63) is 11.7 Å². The van der Waals surface area contributed by atoms with Crippen LogP contribution in [-0.4, -0.2) is 42.2 Å². The number of hydrogen-bond donors (Lipinski definition) is 1. The Kier molecular flexibility index (Phi) is 3.79. The maximum atomic E-state index is 11.5. The summed E-state index contributed by atoms with van der Waals surface area (Å²) in [5.41, 5.74) is 5.89. The highest BCUT2D eigenvalue weighted by atomic mass is 32.2. The Hall–Kier alpha value is -0.990. The van der Waals surface area contributed by atoms with Crippen LogP contribution in [-0.2, 0) is 15.6 Å². The van der Waals surface area contributed by atoms with Crippen LogP contribution in [0.5, 0.6) is 0 Å². The SMILES string of the molecule is CS(=O)(=O)N1CCC(c2nc(C3(N)CCCC3)no2)CC1. The van der Waals surface area contributed by atoms with Gasteiger partial charge in [0, 0.05) is 19.0 Å². The molecule has 1 saturated carbocycles. The molecule has 3 rings (SSSR count). The van der Waals surface area contributed by atoms with Crippen molar-refractivity contribution < 1.29 is 12.9 Å². The molecule has 0 radical (unpaired) electrons. The Morgan fingerprint density at radius 2 is 1.90 bits per heavy atom. The van der Waals surface area contributed by atoms with Crippen molar-refractivity contribution in [3.8, 4) is 0 Å². The number of nitrogens with two attached hydrogens (primary N) is 1. The minimum Gasteiger partial charge on any atom is -0.339 e. The van der Waals surface area contributed by atoms with Crippen LogP contribution >= 0.6 is 0 Å². The predicted octanol–water partition coefficient (Wildman–Crippen LogP) is 0.937. The van der Waals surface area contributed by atoms with E-state index in [0.717, 1.165) is 25.7 Å². The molecule has 1 aliphatic carbocycles. The van der Waals surface area contributed by atoms with E-state index in [1.54, 1.807) is 0 Å². The minimum absolute atomic E-state index is 0.134. The van der Waals surface area contributed by atoms with Crippen LogP contribution in [0.3, 0.4) is 0 Å². The van der Waals surface area contributed by atoms with E-state index in [0.29, 0.717) is 37.6 Å². The molecular weight excluding hydrogens is 292 g/mol. The first-order chi connectivity index (χ1) is 9.88. The monoisotopic (exact) mass is 314 g/mol. The summed E-state index contributed by atoms with van der Waals surface area (Å²) in [5, 5.41) is 4.07. The van der Waals surface area contributed by atoms with Gasteiger partial charge in [0.1, 0.15) is 0 Å². The van der Waals surface area contributed by atoms with Gasteiger partial charge in [-0.2, -0.15) is 4.98 Å². The Balaban J connectivity index is 1.68. The zero-order valence-corrected chi connectivity index (χ0v) is 13.1. The molecule has 0 amide bonds. The average molecular weight is 314 g/mol. The van der Waals surface area contributed by atoms with Gasteiger partial charge in [-0.15, -0.1) is 0 Å². The summed E-state index contributed by atoms with van der Waals surface area (Å²) >= 11 is 0. The summed E-state index contributed by atoms with van der Waals surface area (Å²) in [6.45, 7) is 1.02. The Morgan fingerprint density at radius 1 is 1.29 bits per heavy atom. The molecule has 1 saturated heterocycles. The Morgan fingerprint density at radius 3 is 2.48 bits per heavy atom. The highest BCUT2D eigenvalue weighted by Crippen LogP contribution is 2.36. The molecule has 0 atom stereocenters. The molecule has 0 aromatic carbocycles. The summed E-state index contributed by atoms with van der Waals surface area (Å²) in [6, 6.07) is 0. The van der Waals surface area contributed by atoms with Crippen LogP contribution in [0.2, 0.25) is 0 Å². The topological polar surface area (TPSA) is 102 Å². The van der Waals surface area contributed by atoms with Gasteiger partial charge in [-0.3, -0.25) is 0 Å². The number of rotatable bonds is 3. The van der Waals surface area contributed by atoms with E-state index in [2.05, 4.69) is 10.1 Å². The second kappa shape index (κ2) is 5.33. The van der Waals surface area contributed by atoms with Crippen LogP contribution in [0.4, 0.5) is 0 Å². The number of hydrogen-bond acceptors (Lipinski definition) is 6. The van der Waals surface area contributed by atoms with Gasteiger partial charge in [0.15, 0.2) is 5.82 Å². The molecule has 2 heterocycles. The lowest BCUT2D eigenvalue weighted by molar-refractivity contribution is 0.269. The highest BCUT2D eigenvalue weighted by Gasteiger charge is 2.37. The molecule has 2 N–H and O–H groups in total. The molecule has 8 heteroatoms. The zero-order chi connectivity index (χ0) is 15.1. The lowest BCUT2D eigenvalue weighted by atomic mass is 9.97. The molecular formula is C13H22N4O3S. The van der Waals surface area contributed by atoms with Crippen molar-refractivity contribution >= 4 is 10.0 Å². The van der Waals surface area contributed by atoms with Crippen molar-refractivity contribution in [2.75, 3.05) is 19.3 Å². The number of aromatic nitrogens is 2. The van der Waals surface area contributed by atoms with Crippen LogP contribution in [0, 0.1) is 0 Å². The molecule has 118 valence electrons. The first-order valence-electron chi connectivity index (χ1n) is 7.47. The van der Waals surface area contributed by atoms with Crippen molar-refractivity contribution in [3.63, 3.8) is 0 Å². The number of nitrogens with zero attached hydrogens (tertiary/aromatic N) is 3. The highest BCUT2D eigenvalue weighted by molar-refractivity contribution is 7.88. The Labute approximate surface area is 124 Å². The lowest BCUT2D eigenvalue weighted by Crippen LogP contribution is -2.37. The third kappa shape index (κ3) is 2.97. The van der Waals surface area contributed by atoms with Gasteiger partial charge in [-0.1, -0.05) is 18.0 Å². The van der Waals surface area contributed by atoms with Crippen molar-refractivity contribution in [1.82, 2.24) is 14.4 Å². The quantitative estimate of drug-likeness (QED) is 0.890. The van der Waals surface area contributed by atoms with Gasteiger partial charge in [0.05, 0.1) is 11.8 Å². The van der Waals surface area contributed by atoms with Crippen molar-refractivity contribution in [1.29, 1.82) is 0 Å². The summed E-state index contributed by atoms with van der Waals surface area (Å²) in [5.74, 6) is 1.35. The standard InChI is InChI=1S/C13H22N4O3S/c1-21(18,19)17-8-4-10(5-9-17)11-15-12(16-20-11)13(14)6-2-3-7-13/h10H,2-9,14H2,1H3. The van der Waals surface area contributed by atoms with Crippen LogP contribution < -0.4 is 5.73 Å². The second-order valence-electron chi connectivity index (χ2n) is 6.26. The van der Waals surface area contributed by atoms with Gasteiger partial charge >= 0.3 is 0 Å². The third-order valence-corrected chi connectivity index (χ3v) is 5.96. The van der Waals surface area contributed by atoms with Crippen molar-refractivity contribution in [2.24, 2.45) is 5.73 Å². The molecule has 2 fully saturated rings. The van der Waals surface area contributed by atoms with Crippen LogP contribution in [0.1, 0.15) is 56.2 Å². The lowest BCUT2D eigenvalue weighted by Gasteiger charge is -2.28. The van der Waals surface area contributed by atoms with Gasteiger partial charge in [-0.05, 0) is 25.7 Å². The molecule has 21 heavy (non-hydrogen) atoms. The fraction of sp³-hybridized carbons (Fsp3) is 0.846. The van der Waals surface area contributed by atoms with E-state index in [4.69, 9.17) is 10.3 Å². The van der Waals surface area contributed by atoms with Gasteiger partial charge < -0.3 is 10.3 Å². The zero-order valence-electron chi connectivity index (χ0n) is 12.3. The fourth-order valence-electron chi connectivity index (χ4n) is 3.27. The predicted molar refractivity (Wildman–Crippen MR) is 77.0 cm³/mol. The molecule has 1 aromatic heterocycles. The maximum absolute atomic E-state index is 11.5. The molecule has 1 aromatic rings. The average Bonchev–Trinajstić information content (AvgIpc) is 3.07. The van der Waals surface area contributed by atoms with E-state index in [9.17, 15) is 8.42 Å². The summed E-state index contributed by atoms with van der Waals surface area (Å²) < 4.78 is 29.9. The minimum atomic E-state index is -3.10. The molecule has 7 nitrogen and oxygen atoms in total. The summed E-state index contributed by atoms with van der Waals surface area (Å²) in [7, 11) is -3.10. The van der Waals surface area contributed by atoms with Gasteiger partial charge in [-0.25, -0.2) is 12.7 Å². The summed E-state index contributed by atoms with van der Waals surface area (Å²) in [4.78, 5) is 4.50. The van der Waals surface area contributed by atoms with E-state index in [-0.39, 0.29) is 5.92 Å². The van der Waals surface area contributed by atoms with Crippen LogP contribution in [0.25, 0.3) is 0 Å². The second-order valence-corrected chi connectivity index (χ2v) is 8.24. The number of sulfonamides is 1. The van der Waals surface area contributed by atoms with E-state index in [1.807, 2.05) is 0 Å². The normalized spacial score (nSPS) is 24.5. The van der Waals surface area contributed by atoms with E-state index in [1.165, 1.54) is 10.6 Å². The van der Waals surface area contributed by atoms with Gasteiger partial charge in [0.2, 0.25) is 15.9 Å². The first-order valence-corrected chi connectivity index (χ1v) is 9.31.